The fourth-order valence-electron chi connectivity index (χ4n) is 3.01. The SMILES string of the molecule is CCC(C)C(N)c1ccc2c(c1)CN(C(=O)C(C)(C)C)CC2. The first kappa shape index (κ1) is 17.0. The largest absolute Gasteiger partial charge is 0.338 e. The number of carbonyl (C=O) groups excluding carboxylic acids is 1. The molecule has 0 saturated heterocycles. The first-order valence-electron chi connectivity index (χ1n) is 8.40. The van der Waals surface area contributed by atoms with Gasteiger partial charge in [0.2, 0.25) is 5.91 Å². The number of hydrogen-bond donors (Lipinski definition) is 1. The molecular formula is C19H30N2O. The number of carbonyl (C=O) groups is 1. The maximum absolute atomic E-state index is 12.5. The van der Waals surface area contributed by atoms with E-state index in [0.717, 1.165) is 19.4 Å². The number of fused-ring (bicyclic) bond motifs is 1. The molecule has 3 nitrogen and oxygen atoms in total. The van der Waals surface area contributed by atoms with Gasteiger partial charge in [-0.05, 0) is 29.0 Å². The molecular weight excluding hydrogens is 272 g/mol. The Hall–Kier alpha value is -1.35. The van der Waals surface area contributed by atoms with Crippen molar-refractivity contribution in [3.8, 4) is 0 Å². The van der Waals surface area contributed by atoms with Crippen molar-refractivity contribution < 1.29 is 4.79 Å². The Kier molecular flexibility index (Phi) is 4.96. The molecule has 2 unspecified atom stereocenters. The quantitative estimate of drug-likeness (QED) is 0.926. The van der Waals surface area contributed by atoms with Crippen LogP contribution in [0.2, 0.25) is 0 Å². The molecule has 0 aromatic heterocycles. The second-order valence-electron chi connectivity index (χ2n) is 7.67. The summed E-state index contributed by atoms with van der Waals surface area (Å²) in [5, 5.41) is 0. The molecule has 2 N–H and O–H groups in total. The molecule has 0 spiro atoms. The topological polar surface area (TPSA) is 46.3 Å². The predicted octanol–water partition coefficient (Wildman–Crippen LogP) is 3.66. The Labute approximate surface area is 134 Å². The van der Waals surface area contributed by atoms with E-state index in [-0.39, 0.29) is 17.4 Å². The molecule has 1 aliphatic heterocycles. The fourth-order valence-corrected chi connectivity index (χ4v) is 3.01. The van der Waals surface area contributed by atoms with Gasteiger partial charge in [0.25, 0.3) is 0 Å². The summed E-state index contributed by atoms with van der Waals surface area (Å²) in [5.74, 6) is 0.698. The average Bonchev–Trinajstić information content (AvgIpc) is 2.50. The highest BCUT2D eigenvalue weighted by Gasteiger charge is 2.29. The average molecular weight is 302 g/mol. The lowest BCUT2D eigenvalue weighted by Gasteiger charge is -2.34. The Balaban J connectivity index is 2.22. The van der Waals surface area contributed by atoms with Crippen LogP contribution in [-0.2, 0) is 17.8 Å². The minimum Gasteiger partial charge on any atom is -0.338 e. The number of benzene rings is 1. The van der Waals surface area contributed by atoms with Gasteiger partial charge < -0.3 is 10.6 Å². The molecule has 0 bridgehead atoms. The van der Waals surface area contributed by atoms with Gasteiger partial charge in [0.1, 0.15) is 0 Å². The van der Waals surface area contributed by atoms with Crippen LogP contribution in [0, 0.1) is 11.3 Å². The molecule has 1 aliphatic rings. The summed E-state index contributed by atoms with van der Waals surface area (Å²) in [6.45, 7) is 11.9. The van der Waals surface area contributed by atoms with E-state index in [1.807, 2.05) is 25.7 Å². The second-order valence-corrected chi connectivity index (χ2v) is 7.67. The summed E-state index contributed by atoms with van der Waals surface area (Å²) < 4.78 is 0. The maximum Gasteiger partial charge on any atom is 0.228 e. The van der Waals surface area contributed by atoms with Gasteiger partial charge in [-0.1, -0.05) is 59.2 Å². The lowest BCUT2D eigenvalue weighted by molar-refractivity contribution is -0.140. The molecule has 2 atom stereocenters. The monoisotopic (exact) mass is 302 g/mol. The molecule has 1 aromatic rings. The molecule has 1 amide bonds. The Morgan fingerprint density at radius 2 is 2.00 bits per heavy atom. The first-order valence-corrected chi connectivity index (χ1v) is 8.40. The Bertz CT molecular complexity index is 545. The lowest BCUT2D eigenvalue weighted by Crippen LogP contribution is -2.42. The highest BCUT2D eigenvalue weighted by molar-refractivity contribution is 5.81. The van der Waals surface area contributed by atoms with Crippen molar-refractivity contribution in [2.24, 2.45) is 17.1 Å². The molecule has 1 heterocycles. The van der Waals surface area contributed by atoms with E-state index in [1.165, 1.54) is 16.7 Å². The van der Waals surface area contributed by atoms with E-state index in [2.05, 4.69) is 32.0 Å². The highest BCUT2D eigenvalue weighted by atomic mass is 16.2. The van der Waals surface area contributed by atoms with Gasteiger partial charge in [-0.25, -0.2) is 0 Å². The van der Waals surface area contributed by atoms with Crippen LogP contribution < -0.4 is 5.73 Å². The van der Waals surface area contributed by atoms with Crippen LogP contribution in [0.4, 0.5) is 0 Å². The van der Waals surface area contributed by atoms with E-state index in [9.17, 15) is 4.79 Å². The van der Waals surface area contributed by atoms with Crippen molar-refractivity contribution in [2.45, 2.75) is 60.0 Å². The summed E-state index contributed by atoms with van der Waals surface area (Å²) in [6.07, 6.45) is 2.02. The predicted molar refractivity (Wildman–Crippen MR) is 91.4 cm³/mol. The molecule has 2 rings (SSSR count). The van der Waals surface area contributed by atoms with Crippen molar-refractivity contribution in [2.75, 3.05) is 6.54 Å². The number of nitrogens with two attached hydrogens (primary N) is 1. The van der Waals surface area contributed by atoms with Crippen LogP contribution in [0.3, 0.4) is 0 Å². The van der Waals surface area contributed by atoms with Crippen molar-refractivity contribution in [3.05, 3.63) is 34.9 Å². The normalized spacial score (nSPS) is 17.8. The van der Waals surface area contributed by atoms with Crippen molar-refractivity contribution in [1.29, 1.82) is 0 Å². The minimum atomic E-state index is -0.317. The summed E-state index contributed by atoms with van der Waals surface area (Å²) in [7, 11) is 0. The molecule has 0 saturated carbocycles. The molecule has 122 valence electrons. The summed E-state index contributed by atoms with van der Waals surface area (Å²) in [6, 6.07) is 6.65. The fraction of sp³-hybridized carbons (Fsp3) is 0.632. The van der Waals surface area contributed by atoms with Gasteiger partial charge >= 0.3 is 0 Å². The van der Waals surface area contributed by atoms with Crippen molar-refractivity contribution in [1.82, 2.24) is 4.90 Å². The van der Waals surface area contributed by atoms with Crippen LogP contribution in [-0.4, -0.2) is 17.4 Å². The Morgan fingerprint density at radius 3 is 2.59 bits per heavy atom. The van der Waals surface area contributed by atoms with Crippen LogP contribution in [0.15, 0.2) is 18.2 Å². The van der Waals surface area contributed by atoms with Gasteiger partial charge in [-0.15, -0.1) is 0 Å². The lowest BCUT2D eigenvalue weighted by atomic mass is 9.88. The molecule has 0 fully saturated rings. The number of rotatable bonds is 3. The summed E-state index contributed by atoms with van der Waals surface area (Å²) in [5.41, 5.74) is 9.86. The second kappa shape index (κ2) is 6.41. The maximum atomic E-state index is 12.5. The van der Waals surface area contributed by atoms with Gasteiger partial charge in [0, 0.05) is 24.5 Å². The third kappa shape index (κ3) is 3.52. The number of amides is 1. The molecule has 22 heavy (non-hydrogen) atoms. The third-order valence-corrected chi connectivity index (χ3v) is 4.81. The first-order chi connectivity index (χ1) is 10.2. The summed E-state index contributed by atoms with van der Waals surface area (Å²) in [4.78, 5) is 14.5. The molecule has 3 heteroatoms. The number of hydrogen-bond acceptors (Lipinski definition) is 2. The molecule has 0 aliphatic carbocycles. The molecule has 0 radical (unpaired) electrons. The zero-order valence-electron chi connectivity index (χ0n) is 14.6. The highest BCUT2D eigenvalue weighted by Crippen LogP contribution is 2.28. The van der Waals surface area contributed by atoms with E-state index in [1.54, 1.807) is 0 Å². The zero-order chi connectivity index (χ0) is 16.5. The standard InChI is InChI=1S/C19H30N2O/c1-6-13(2)17(20)15-8-7-14-9-10-21(12-16(14)11-15)18(22)19(3,4)5/h7-8,11,13,17H,6,9-10,12,20H2,1-5H3. The van der Waals surface area contributed by atoms with Crippen LogP contribution in [0.5, 0.6) is 0 Å². The van der Waals surface area contributed by atoms with Gasteiger partial charge in [-0.3, -0.25) is 4.79 Å². The van der Waals surface area contributed by atoms with Crippen LogP contribution >= 0.6 is 0 Å². The van der Waals surface area contributed by atoms with E-state index in [4.69, 9.17) is 5.73 Å². The van der Waals surface area contributed by atoms with E-state index >= 15 is 0 Å². The Morgan fingerprint density at radius 1 is 1.32 bits per heavy atom. The molecule has 1 aromatic carbocycles. The van der Waals surface area contributed by atoms with E-state index in [0.29, 0.717) is 12.5 Å². The third-order valence-electron chi connectivity index (χ3n) is 4.81. The van der Waals surface area contributed by atoms with E-state index < -0.39 is 0 Å². The number of nitrogens with zero attached hydrogens (tertiary/aromatic N) is 1. The van der Waals surface area contributed by atoms with Crippen LogP contribution in [0.25, 0.3) is 0 Å². The smallest absolute Gasteiger partial charge is 0.228 e. The van der Waals surface area contributed by atoms with Gasteiger partial charge in [0.05, 0.1) is 0 Å². The van der Waals surface area contributed by atoms with Crippen LogP contribution in [0.1, 0.15) is 63.8 Å². The van der Waals surface area contributed by atoms with Gasteiger partial charge in [0.15, 0.2) is 0 Å². The minimum absolute atomic E-state index is 0.0731. The van der Waals surface area contributed by atoms with Gasteiger partial charge in [-0.2, -0.15) is 0 Å². The van der Waals surface area contributed by atoms with Crippen molar-refractivity contribution >= 4 is 5.91 Å². The zero-order valence-corrected chi connectivity index (χ0v) is 14.6. The van der Waals surface area contributed by atoms with Crippen molar-refractivity contribution in [3.63, 3.8) is 0 Å². The summed E-state index contributed by atoms with van der Waals surface area (Å²) >= 11 is 0.